The molecule has 1 fully saturated rings. The molecule has 1 unspecified atom stereocenters. The number of hydrogen-bond acceptors (Lipinski definition) is 4. The van der Waals surface area contributed by atoms with Crippen molar-refractivity contribution >= 4 is 0 Å². The van der Waals surface area contributed by atoms with Crippen molar-refractivity contribution in [2.75, 3.05) is 26.8 Å². The molecule has 1 aliphatic carbocycles. The van der Waals surface area contributed by atoms with E-state index in [2.05, 4.69) is 5.32 Å². The molecule has 4 nitrogen and oxygen atoms in total. The van der Waals surface area contributed by atoms with Crippen LogP contribution in [0, 0.1) is 0 Å². The molecule has 2 rings (SSSR count). The van der Waals surface area contributed by atoms with E-state index in [0.29, 0.717) is 19.3 Å². The third kappa shape index (κ3) is 4.29. The summed E-state index contributed by atoms with van der Waals surface area (Å²) in [6, 6.07) is 7.68. The van der Waals surface area contributed by atoms with Crippen LogP contribution in [-0.2, 0) is 4.74 Å². The van der Waals surface area contributed by atoms with Gasteiger partial charge in [-0.3, -0.25) is 0 Å². The summed E-state index contributed by atoms with van der Waals surface area (Å²) in [4.78, 5) is 0. The number of aliphatic hydroxyl groups excluding tert-OH is 1. The van der Waals surface area contributed by atoms with Gasteiger partial charge in [0.05, 0.1) is 18.8 Å². The van der Waals surface area contributed by atoms with Gasteiger partial charge in [0.25, 0.3) is 0 Å². The highest BCUT2D eigenvalue weighted by molar-refractivity contribution is 5.29. The topological polar surface area (TPSA) is 50.7 Å². The molecule has 2 N–H and O–H groups in total. The monoisotopic (exact) mass is 251 g/mol. The SMILES string of the molecule is COCCNCC(O)c1ccc(OC2CC2)cc1. The van der Waals surface area contributed by atoms with Crippen LogP contribution in [0.4, 0.5) is 0 Å². The zero-order valence-corrected chi connectivity index (χ0v) is 10.8. The Morgan fingerprint density at radius 3 is 2.67 bits per heavy atom. The summed E-state index contributed by atoms with van der Waals surface area (Å²) < 4.78 is 10.6. The van der Waals surface area contributed by atoms with Gasteiger partial charge in [-0.05, 0) is 30.5 Å². The number of nitrogens with one attached hydrogen (secondary N) is 1. The molecule has 1 saturated carbocycles. The highest BCUT2D eigenvalue weighted by atomic mass is 16.5. The van der Waals surface area contributed by atoms with Crippen LogP contribution in [0.5, 0.6) is 5.75 Å². The lowest BCUT2D eigenvalue weighted by molar-refractivity contribution is 0.161. The van der Waals surface area contributed by atoms with E-state index in [1.54, 1.807) is 7.11 Å². The second kappa shape index (κ2) is 6.73. The largest absolute Gasteiger partial charge is 0.490 e. The van der Waals surface area contributed by atoms with Crippen LogP contribution < -0.4 is 10.1 Å². The van der Waals surface area contributed by atoms with E-state index in [1.807, 2.05) is 24.3 Å². The second-order valence-corrected chi connectivity index (χ2v) is 4.60. The van der Waals surface area contributed by atoms with E-state index in [4.69, 9.17) is 9.47 Å². The van der Waals surface area contributed by atoms with Crippen LogP contribution in [0.2, 0.25) is 0 Å². The van der Waals surface area contributed by atoms with Crippen molar-refractivity contribution < 1.29 is 14.6 Å². The van der Waals surface area contributed by atoms with Crippen molar-refractivity contribution in [1.29, 1.82) is 0 Å². The molecule has 0 aliphatic heterocycles. The third-order valence-corrected chi connectivity index (χ3v) is 2.91. The van der Waals surface area contributed by atoms with E-state index in [0.717, 1.165) is 30.7 Å². The van der Waals surface area contributed by atoms with Gasteiger partial charge in [0, 0.05) is 20.2 Å². The van der Waals surface area contributed by atoms with E-state index >= 15 is 0 Å². The fourth-order valence-electron chi connectivity index (χ4n) is 1.68. The first-order valence-electron chi connectivity index (χ1n) is 6.44. The van der Waals surface area contributed by atoms with Crippen LogP contribution in [0.15, 0.2) is 24.3 Å². The van der Waals surface area contributed by atoms with E-state index in [1.165, 1.54) is 0 Å². The first-order valence-corrected chi connectivity index (χ1v) is 6.44. The summed E-state index contributed by atoms with van der Waals surface area (Å²) in [6.45, 7) is 1.93. The first kappa shape index (κ1) is 13.3. The predicted molar refractivity (Wildman–Crippen MR) is 69.8 cm³/mol. The second-order valence-electron chi connectivity index (χ2n) is 4.60. The van der Waals surface area contributed by atoms with E-state index in [9.17, 15) is 5.11 Å². The van der Waals surface area contributed by atoms with Gasteiger partial charge in [0.2, 0.25) is 0 Å². The van der Waals surface area contributed by atoms with Crippen LogP contribution in [0.3, 0.4) is 0 Å². The van der Waals surface area contributed by atoms with Gasteiger partial charge in [0.1, 0.15) is 5.75 Å². The Labute approximate surface area is 108 Å². The summed E-state index contributed by atoms with van der Waals surface area (Å²) in [7, 11) is 1.66. The van der Waals surface area contributed by atoms with Crippen molar-refractivity contribution in [2.45, 2.75) is 25.0 Å². The Balaban J connectivity index is 1.76. The van der Waals surface area contributed by atoms with Crippen molar-refractivity contribution in [3.63, 3.8) is 0 Å². The zero-order valence-electron chi connectivity index (χ0n) is 10.8. The molecule has 0 bridgehead atoms. The number of aliphatic hydroxyl groups is 1. The molecule has 0 saturated heterocycles. The van der Waals surface area contributed by atoms with Crippen molar-refractivity contribution in [3.8, 4) is 5.75 Å². The summed E-state index contributed by atoms with van der Waals surface area (Å²) in [5.41, 5.74) is 0.906. The number of benzene rings is 1. The quantitative estimate of drug-likeness (QED) is 0.687. The van der Waals surface area contributed by atoms with Gasteiger partial charge in [0.15, 0.2) is 0 Å². The number of ether oxygens (including phenoxy) is 2. The lowest BCUT2D eigenvalue weighted by atomic mass is 10.1. The number of hydrogen-bond donors (Lipinski definition) is 2. The molecule has 4 heteroatoms. The maximum Gasteiger partial charge on any atom is 0.119 e. The molecular weight excluding hydrogens is 230 g/mol. The molecule has 0 spiro atoms. The minimum absolute atomic E-state index is 0.413. The fraction of sp³-hybridized carbons (Fsp3) is 0.571. The average Bonchev–Trinajstić information content (AvgIpc) is 3.19. The first-order chi connectivity index (χ1) is 8.79. The Morgan fingerprint density at radius 2 is 2.06 bits per heavy atom. The van der Waals surface area contributed by atoms with Crippen LogP contribution in [-0.4, -0.2) is 38.0 Å². The normalized spacial score (nSPS) is 16.6. The molecule has 1 atom stereocenters. The van der Waals surface area contributed by atoms with E-state index < -0.39 is 6.10 Å². The molecule has 100 valence electrons. The molecule has 0 amide bonds. The number of rotatable bonds is 8. The molecule has 0 radical (unpaired) electrons. The minimum atomic E-state index is -0.489. The third-order valence-electron chi connectivity index (χ3n) is 2.91. The molecule has 1 aromatic rings. The molecular formula is C14H21NO3. The Kier molecular flexibility index (Phi) is 4.99. The van der Waals surface area contributed by atoms with E-state index in [-0.39, 0.29) is 0 Å². The molecule has 1 aliphatic rings. The van der Waals surface area contributed by atoms with Crippen LogP contribution >= 0.6 is 0 Å². The molecule has 18 heavy (non-hydrogen) atoms. The molecule has 0 heterocycles. The lowest BCUT2D eigenvalue weighted by Gasteiger charge is -2.13. The minimum Gasteiger partial charge on any atom is -0.490 e. The summed E-state index contributed by atoms with van der Waals surface area (Å²) in [6.07, 6.45) is 2.25. The van der Waals surface area contributed by atoms with Gasteiger partial charge in [-0.1, -0.05) is 12.1 Å². The average molecular weight is 251 g/mol. The Morgan fingerprint density at radius 1 is 1.33 bits per heavy atom. The Bertz CT molecular complexity index is 349. The van der Waals surface area contributed by atoms with Gasteiger partial charge in [-0.2, -0.15) is 0 Å². The predicted octanol–water partition coefficient (Wildman–Crippen LogP) is 1.50. The smallest absolute Gasteiger partial charge is 0.119 e. The van der Waals surface area contributed by atoms with Gasteiger partial charge < -0.3 is 19.9 Å². The van der Waals surface area contributed by atoms with Crippen molar-refractivity contribution in [1.82, 2.24) is 5.32 Å². The highest BCUT2D eigenvalue weighted by Crippen LogP contribution is 2.27. The van der Waals surface area contributed by atoms with Crippen molar-refractivity contribution in [2.24, 2.45) is 0 Å². The molecule has 1 aromatic carbocycles. The van der Waals surface area contributed by atoms with Gasteiger partial charge in [-0.15, -0.1) is 0 Å². The van der Waals surface area contributed by atoms with Crippen LogP contribution in [0.1, 0.15) is 24.5 Å². The fourth-order valence-corrected chi connectivity index (χ4v) is 1.68. The molecule has 0 aromatic heterocycles. The van der Waals surface area contributed by atoms with Gasteiger partial charge in [-0.25, -0.2) is 0 Å². The summed E-state index contributed by atoms with van der Waals surface area (Å²) >= 11 is 0. The maximum atomic E-state index is 9.96. The standard InChI is InChI=1S/C14H21NO3/c1-17-9-8-15-10-14(16)11-2-4-12(5-3-11)18-13-6-7-13/h2-5,13-16H,6-10H2,1H3. The summed E-state index contributed by atoms with van der Waals surface area (Å²) in [5, 5.41) is 13.1. The Hall–Kier alpha value is -1.10. The van der Waals surface area contributed by atoms with Gasteiger partial charge >= 0.3 is 0 Å². The summed E-state index contributed by atoms with van der Waals surface area (Å²) in [5.74, 6) is 0.890. The number of methoxy groups -OCH3 is 1. The van der Waals surface area contributed by atoms with Crippen molar-refractivity contribution in [3.05, 3.63) is 29.8 Å². The lowest BCUT2D eigenvalue weighted by Crippen LogP contribution is -2.24. The van der Waals surface area contributed by atoms with Crippen LogP contribution in [0.25, 0.3) is 0 Å². The highest BCUT2D eigenvalue weighted by Gasteiger charge is 2.23. The zero-order chi connectivity index (χ0) is 12.8. The maximum absolute atomic E-state index is 9.96.